The van der Waals surface area contributed by atoms with Crippen molar-refractivity contribution in [2.45, 2.75) is 116 Å². The van der Waals surface area contributed by atoms with Crippen LogP contribution in [-0.2, 0) is 27.9 Å². The number of carbonyl (C=O) groups is 1. The normalized spacial score (nSPS) is 14.5. The van der Waals surface area contributed by atoms with E-state index in [4.69, 9.17) is 18.5 Å². The van der Waals surface area contributed by atoms with Crippen molar-refractivity contribution in [3.05, 3.63) is 0 Å². The van der Waals surface area contributed by atoms with Gasteiger partial charge in [-0.3, -0.25) is 9.36 Å². The molecule has 0 aliphatic heterocycles. The summed E-state index contributed by atoms with van der Waals surface area (Å²) in [6.07, 6.45) is 15.6. The van der Waals surface area contributed by atoms with Gasteiger partial charge in [0, 0.05) is 13.0 Å². The van der Waals surface area contributed by atoms with E-state index in [1.165, 1.54) is 57.8 Å². The highest BCUT2D eigenvalue weighted by Gasteiger charge is 2.20. The fraction of sp³-hybridized carbons (Fsp3) is 0.963. The Morgan fingerprint density at radius 1 is 0.750 bits per heavy atom. The summed E-state index contributed by atoms with van der Waals surface area (Å²) in [5.74, 6) is -0.344. The van der Waals surface area contributed by atoms with Crippen molar-refractivity contribution in [1.82, 2.24) is 0 Å². The Kier molecular flexibility index (Phi) is 22.2. The first-order valence-electron chi connectivity index (χ1n) is 14.3. The Labute approximate surface area is 221 Å². The number of nitrogens with zero attached hydrogens (tertiary/aromatic N) is 1. The summed E-state index contributed by atoms with van der Waals surface area (Å²) in [6.45, 7) is 5.31. The van der Waals surface area contributed by atoms with Crippen LogP contribution >= 0.6 is 7.82 Å². The number of carbonyl (C=O) groups excluding carboxylic acids is 1. The lowest BCUT2D eigenvalue weighted by atomic mass is 10.1. The molecule has 0 aromatic carbocycles. The number of hydrogen-bond donors (Lipinski definition) is 0. The third-order valence-corrected chi connectivity index (χ3v) is 6.87. The number of phosphoric ester groups is 1. The fourth-order valence-electron chi connectivity index (χ4n) is 3.60. The third kappa shape index (κ3) is 25.2. The summed E-state index contributed by atoms with van der Waals surface area (Å²) >= 11 is 0. The van der Waals surface area contributed by atoms with E-state index in [9.17, 15) is 14.3 Å². The lowest BCUT2D eigenvalue weighted by Crippen LogP contribution is -2.37. The molecule has 0 saturated heterocycles. The first-order valence-corrected chi connectivity index (χ1v) is 15.7. The zero-order valence-corrected chi connectivity index (χ0v) is 24.9. The van der Waals surface area contributed by atoms with Gasteiger partial charge in [0.25, 0.3) is 7.82 Å². The second kappa shape index (κ2) is 22.5. The number of ether oxygens (including phenoxy) is 2. The quantitative estimate of drug-likeness (QED) is 0.0577. The second-order valence-corrected chi connectivity index (χ2v) is 12.2. The summed E-state index contributed by atoms with van der Waals surface area (Å²) < 4.78 is 33.9. The maximum atomic E-state index is 12.3. The van der Waals surface area contributed by atoms with Crippen LogP contribution in [0.5, 0.6) is 0 Å². The Morgan fingerprint density at radius 3 is 1.83 bits per heavy atom. The van der Waals surface area contributed by atoms with E-state index in [1.807, 2.05) is 21.1 Å². The monoisotopic (exact) mass is 537 g/mol. The van der Waals surface area contributed by atoms with Gasteiger partial charge < -0.3 is 27.9 Å². The van der Waals surface area contributed by atoms with Crippen LogP contribution in [0.4, 0.5) is 0 Å². The molecule has 0 aromatic rings. The van der Waals surface area contributed by atoms with Crippen molar-refractivity contribution < 1.29 is 37.3 Å². The lowest BCUT2D eigenvalue weighted by molar-refractivity contribution is -0.870. The highest BCUT2D eigenvalue weighted by Crippen LogP contribution is 2.38. The maximum Gasteiger partial charge on any atom is 0.306 e. The molecular formula is C27H56NO7P. The summed E-state index contributed by atoms with van der Waals surface area (Å²) in [5.41, 5.74) is 0. The third-order valence-electron chi connectivity index (χ3n) is 5.91. The molecule has 2 atom stereocenters. The second-order valence-electron chi connectivity index (χ2n) is 10.8. The van der Waals surface area contributed by atoms with E-state index in [0.717, 1.165) is 32.1 Å². The minimum atomic E-state index is -4.49. The summed E-state index contributed by atoms with van der Waals surface area (Å²) in [4.78, 5) is 24.5. The Hall–Kier alpha value is -0.500. The average molecular weight is 538 g/mol. The molecular weight excluding hydrogens is 481 g/mol. The smallest absolute Gasteiger partial charge is 0.306 e. The van der Waals surface area contributed by atoms with Crippen molar-refractivity contribution in [2.75, 3.05) is 54.1 Å². The molecule has 0 radical (unpaired) electrons. The summed E-state index contributed by atoms with van der Waals surface area (Å²) in [6, 6.07) is 0. The van der Waals surface area contributed by atoms with Gasteiger partial charge in [0.05, 0.1) is 34.4 Å². The highest BCUT2D eigenvalue weighted by molar-refractivity contribution is 7.45. The highest BCUT2D eigenvalue weighted by atomic mass is 31.2. The maximum absolute atomic E-state index is 12.3. The predicted molar refractivity (Wildman–Crippen MR) is 144 cm³/mol. The van der Waals surface area contributed by atoms with E-state index < -0.39 is 13.9 Å². The van der Waals surface area contributed by atoms with Crippen molar-refractivity contribution in [2.24, 2.45) is 0 Å². The summed E-state index contributed by atoms with van der Waals surface area (Å²) in [5, 5.41) is 0. The zero-order chi connectivity index (χ0) is 27.1. The van der Waals surface area contributed by atoms with Crippen molar-refractivity contribution >= 4 is 13.8 Å². The number of quaternary nitrogens is 1. The molecule has 0 rings (SSSR count). The van der Waals surface area contributed by atoms with E-state index in [2.05, 4.69) is 13.8 Å². The molecule has 216 valence electrons. The van der Waals surface area contributed by atoms with Gasteiger partial charge in [-0.15, -0.1) is 0 Å². The molecule has 0 heterocycles. The Bertz CT molecular complexity index is 569. The van der Waals surface area contributed by atoms with E-state index in [0.29, 0.717) is 24.1 Å². The molecule has 0 aliphatic carbocycles. The number of hydrogen-bond acceptors (Lipinski definition) is 7. The topological polar surface area (TPSA) is 94.1 Å². The van der Waals surface area contributed by atoms with Crippen LogP contribution in [0.15, 0.2) is 0 Å². The lowest BCUT2D eigenvalue weighted by Gasteiger charge is -2.28. The minimum absolute atomic E-state index is 0.0295. The van der Waals surface area contributed by atoms with Gasteiger partial charge in [0.15, 0.2) is 0 Å². The number of phosphoric acid groups is 1. The predicted octanol–water partition coefficient (Wildman–Crippen LogP) is 6.01. The van der Waals surface area contributed by atoms with Gasteiger partial charge in [-0.25, -0.2) is 0 Å². The Morgan fingerprint density at radius 2 is 1.28 bits per heavy atom. The van der Waals surface area contributed by atoms with Crippen LogP contribution in [-0.4, -0.2) is 70.7 Å². The molecule has 0 amide bonds. The Balaban J connectivity index is 4.42. The molecule has 0 N–H and O–H groups in total. The van der Waals surface area contributed by atoms with Gasteiger partial charge in [0.2, 0.25) is 0 Å². The largest absolute Gasteiger partial charge is 0.756 e. The molecule has 8 nitrogen and oxygen atoms in total. The summed E-state index contributed by atoms with van der Waals surface area (Å²) in [7, 11) is 1.36. The number of rotatable bonds is 26. The standard InChI is InChI=1S/C27H56NO7P/c1-6-8-10-12-14-16-18-20-27(29)35-26(24-32-22-19-17-15-13-11-9-7-2)25-34-36(30,31)33-23-21-28(3,4)5/h26H,6-25H2,1-5H3. The zero-order valence-electron chi connectivity index (χ0n) is 24.0. The number of esters is 1. The average Bonchev–Trinajstić information content (AvgIpc) is 2.79. The van der Waals surface area contributed by atoms with Crippen LogP contribution in [0.3, 0.4) is 0 Å². The van der Waals surface area contributed by atoms with Gasteiger partial charge in [-0.2, -0.15) is 0 Å². The molecule has 36 heavy (non-hydrogen) atoms. The molecule has 0 fully saturated rings. The molecule has 0 spiro atoms. The first-order chi connectivity index (χ1) is 17.1. The molecule has 0 saturated carbocycles. The van der Waals surface area contributed by atoms with Crippen molar-refractivity contribution in [3.8, 4) is 0 Å². The van der Waals surface area contributed by atoms with E-state index in [-0.39, 0.29) is 25.8 Å². The van der Waals surface area contributed by atoms with Gasteiger partial charge >= 0.3 is 5.97 Å². The van der Waals surface area contributed by atoms with Crippen LogP contribution in [0.1, 0.15) is 110 Å². The molecule has 9 heteroatoms. The van der Waals surface area contributed by atoms with Crippen LogP contribution in [0.2, 0.25) is 0 Å². The van der Waals surface area contributed by atoms with Crippen LogP contribution < -0.4 is 4.89 Å². The van der Waals surface area contributed by atoms with Crippen molar-refractivity contribution in [1.29, 1.82) is 0 Å². The SMILES string of the molecule is CCCCCCCCCOCC(COP(=O)([O-])OCC[N+](C)(C)C)OC(=O)CCCCCCCCC. The van der Waals surface area contributed by atoms with E-state index >= 15 is 0 Å². The minimum Gasteiger partial charge on any atom is -0.756 e. The number of likely N-dealkylation sites (N-methyl/N-ethyl adjacent to an activating group) is 1. The molecule has 0 bridgehead atoms. The van der Waals surface area contributed by atoms with Gasteiger partial charge in [-0.05, 0) is 12.8 Å². The first kappa shape index (κ1) is 35.5. The number of unbranched alkanes of at least 4 members (excludes halogenated alkanes) is 12. The van der Waals surface area contributed by atoms with Gasteiger partial charge in [-0.1, -0.05) is 90.9 Å². The van der Waals surface area contributed by atoms with Crippen LogP contribution in [0, 0.1) is 0 Å². The molecule has 0 aromatic heterocycles. The fourth-order valence-corrected chi connectivity index (χ4v) is 4.33. The van der Waals surface area contributed by atoms with Crippen molar-refractivity contribution in [3.63, 3.8) is 0 Å². The van der Waals surface area contributed by atoms with Crippen LogP contribution in [0.25, 0.3) is 0 Å². The molecule has 0 aliphatic rings. The molecule has 2 unspecified atom stereocenters. The van der Waals surface area contributed by atoms with Gasteiger partial charge in [0.1, 0.15) is 19.3 Å². The van der Waals surface area contributed by atoms with E-state index in [1.54, 1.807) is 0 Å².